The number of carbonyl (C=O) groups is 1. The quantitative estimate of drug-likeness (QED) is 0.498. The summed E-state index contributed by atoms with van der Waals surface area (Å²) >= 11 is 3.01. The van der Waals surface area contributed by atoms with Gasteiger partial charge in [-0.3, -0.25) is 4.79 Å². The first-order valence-electron chi connectivity index (χ1n) is 9.84. The maximum absolute atomic E-state index is 12.6. The smallest absolute Gasteiger partial charge is 0.417 e. The first kappa shape index (κ1) is 21.9. The molecule has 4 rings (SSSR count). The van der Waals surface area contributed by atoms with Crippen LogP contribution in [0.1, 0.15) is 31.2 Å². The van der Waals surface area contributed by atoms with E-state index < -0.39 is 11.7 Å². The number of carbonyl (C=O) groups excluding carboxylic acids is 1. The highest BCUT2D eigenvalue weighted by Gasteiger charge is 2.31. The third-order valence-corrected chi connectivity index (χ3v) is 7.17. The molecule has 1 aromatic carbocycles. The van der Waals surface area contributed by atoms with Gasteiger partial charge in [-0.15, -0.1) is 11.3 Å². The van der Waals surface area contributed by atoms with Gasteiger partial charge in [0.1, 0.15) is 6.10 Å². The second-order valence-corrected chi connectivity index (χ2v) is 9.53. The molecule has 10 heteroatoms. The number of pyridine rings is 1. The molecule has 1 saturated carbocycles. The van der Waals surface area contributed by atoms with Crippen molar-refractivity contribution in [3.8, 4) is 5.88 Å². The number of para-hydroxylation sites is 1. The molecular formula is C21H20F3N3O2S2. The molecule has 2 heterocycles. The van der Waals surface area contributed by atoms with Crippen LogP contribution in [0.4, 0.5) is 13.2 Å². The van der Waals surface area contributed by atoms with Crippen LogP contribution in [0.5, 0.6) is 5.88 Å². The summed E-state index contributed by atoms with van der Waals surface area (Å²) in [6, 6.07) is 10.2. The molecule has 1 fully saturated rings. The number of amides is 1. The van der Waals surface area contributed by atoms with Crippen LogP contribution >= 0.6 is 23.1 Å². The molecule has 1 N–H and O–H groups in total. The average Bonchev–Trinajstić information content (AvgIpc) is 3.17. The van der Waals surface area contributed by atoms with Gasteiger partial charge in [0.25, 0.3) is 0 Å². The zero-order valence-corrected chi connectivity index (χ0v) is 18.0. The Morgan fingerprint density at radius 3 is 2.61 bits per heavy atom. The normalized spacial score (nSPS) is 19.3. The van der Waals surface area contributed by atoms with E-state index in [1.807, 2.05) is 24.3 Å². The van der Waals surface area contributed by atoms with Crippen molar-refractivity contribution in [2.24, 2.45) is 0 Å². The van der Waals surface area contributed by atoms with Gasteiger partial charge >= 0.3 is 6.18 Å². The second-order valence-electron chi connectivity index (χ2n) is 7.28. The summed E-state index contributed by atoms with van der Waals surface area (Å²) in [6.45, 7) is 0. The van der Waals surface area contributed by atoms with Crippen molar-refractivity contribution in [3.63, 3.8) is 0 Å². The van der Waals surface area contributed by atoms with E-state index >= 15 is 0 Å². The summed E-state index contributed by atoms with van der Waals surface area (Å²) in [7, 11) is 0. The minimum Gasteiger partial charge on any atom is -0.474 e. The van der Waals surface area contributed by atoms with Crippen molar-refractivity contribution >= 4 is 39.2 Å². The maximum atomic E-state index is 12.6. The Labute approximate surface area is 185 Å². The third kappa shape index (κ3) is 5.88. The van der Waals surface area contributed by atoms with E-state index in [1.165, 1.54) is 17.8 Å². The molecule has 0 unspecified atom stereocenters. The zero-order valence-electron chi connectivity index (χ0n) is 16.4. The molecule has 1 amide bonds. The standard InChI is InChI=1S/C21H20F3N3O2S2/c22-21(23,24)13-5-10-19(25-11-13)29-15-8-6-14(7-9-15)26-18(28)12-30-20-27-16-3-1-2-4-17(16)31-20/h1-5,10-11,14-15H,6-9,12H2,(H,26,28). The van der Waals surface area contributed by atoms with Crippen molar-refractivity contribution in [1.29, 1.82) is 0 Å². The molecule has 2 aromatic heterocycles. The van der Waals surface area contributed by atoms with Gasteiger partial charge in [-0.05, 0) is 43.9 Å². The average molecular weight is 468 g/mol. The van der Waals surface area contributed by atoms with Gasteiger partial charge in [0.15, 0.2) is 4.34 Å². The molecule has 0 radical (unpaired) electrons. The predicted molar refractivity (Wildman–Crippen MR) is 114 cm³/mol. The SMILES string of the molecule is O=C(CSc1nc2ccccc2s1)NC1CCC(Oc2ccc(C(F)(F)F)cn2)CC1. The van der Waals surface area contributed by atoms with E-state index in [2.05, 4.69) is 15.3 Å². The van der Waals surface area contributed by atoms with Gasteiger partial charge < -0.3 is 10.1 Å². The molecule has 5 nitrogen and oxygen atoms in total. The first-order chi connectivity index (χ1) is 14.9. The van der Waals surface area contributed by atoms with Crippen LogP contribution in [0.25, 0.3) is 10.2 Å². The maximum Gasteiger partial charge on any atom is 0.417 e. The fourth-order valence-corrected chi connectivity index (χ4v) is 5.30. The first-order valence-corrected chi connectivity index (χ1v) is 11.6. The number of ether oxygens (including phenoxy) is 1. The molecule has 1 aliphatic carbocycles. The number of thiazole rings is 1. The van der Waals surface area contributed by atoms with Crippen LogP contribution < -0.4 is 10.1 Å². The van der Waals surface area contributed by atoms with Crippen molar-refractivity contribution in [2.45, 2.75) is 48.3 Å². The summed E-state index contributed by atoms with van der Waals surface area (Å²) in [5.41, 5.74) is 0.145. The van der Waals surface area contributed by atoms with Gasteiger partial charge in [-0.2, -0.15) is 13.2 Å². The number of halogens is 3. The number of hydrogen-bond acceptors (Lipinski definition) is 6. The minimum absolute atomic E-state index is 0.0296. The van der Waals surface area contributed by atoms with Crippen molar-refractivity contribution < 1.29 is 22.7 Å². The number of rotatable bonds is 6. The lowest BCUT2D eigenvalue weighted by atomic mass is 9.93. The molecular weight excluding hydrogens is 447 g/mol. The van der Waals surface area contributed by atoms with E-state index in [1.54, 1.807) is 11.3 Å². The molecule has 0 atom stereocenters. The van der Waals surface area contributed by atoms with E-state index in [9.17, 15) is 18.0 Å². The fourth-order valence-electron chi connectivity index (χ4n) is 3.42. The van der Waals surface area contributed by atoms with E-state index in [0.29, 0.717) is 18.6 Å². The molecule has 0 aliphatic heterocycles. The number of nitrogens with one attached hydrogen (secondary N) is 1. The number of thioether (sulfide) groups is 1. The monoisotopic (exact) mass is 467 g/mol. The Kier molecular flexibility index (Phi) is 6.66. The number of hydrogen-bond donors (Lipinski definition) is 1. The fraction of sp³-hybridized carbons (Fsp3) is 0.381. The highest BCUT2D eigenvalue weighted by atomic mass is 32.2. The Bertz CT molecular complexity index is 999. The number of nitrogens with zero attached hydrogens (tertiary/aromatic N) is 2. The van der Waals surface area contributed by atoms with E-state index in [0.717, 1.165) is 39.7 Å². The van der Waals surface area contributed by atoms with Crippen LogP contribution in [0.2, 0.25) is 0 Å². The van der Waals surface area contributed by atoms with Crippen LogP contribution in [0, 0.1) is 0 Å². The number of fused-ring (bicyclic) bond motifs is 1. The number of aromatic nitrogens is 2. The minimum atomic E-state index is -4.41. The molecule has 0 spiro atoms. The summed E-state index contributed by atoms with van der Waals surface area (Å²) in [6.07, 6.45) is -0.824. The van der Waals surface area contributed by atoms with Gasteiger partial charge in [0.05, 0.1) is 21.5 Å². The molecule has 0 saturated heterocycles. The summed E-state index contributed by atoms with van der Waals surface area (Å²) < 4.78 is 45.5. The van der Waals surface area contributed by atoms with Gasteiger partial charge in [-0.25, -0.2) is 9.97 Å². The highest BCUT2D eigenvalue weighted by Crippen LogP contribution is 2.31. The van der Waals surface area contributed by atoms with Crippen molar-refractivity contribution in [1.82, 2.24) is 15.3 Å². The number of benzene rings is 1. The van der Waals surface area contributed by atoms with Crippen molar-refractivity contribution in [3.05, 3.63) is 48.2 Å². The van der Waals surface area contributed by atoms with Crippen LogP contribution in [-0.2, 0) is 11.0 Å². The molecule has 31 heavy (non-hydrogen) atoms. The highest BCUT2D eigenvalue weighted by molar-refractivity contribution is 8.01. The molecule has 0 bridgehead atoms. The Morgan fingerprint density at radius 2 is 1.94 bits per heavy atom. The Morgan fingerprint density at radius 1 is 1.16 bits per heavy atom. The molecule has 164 valence electrons. The largest absolute Gasteiger partial charge is 0.474 e. The van der Waals surface area contributed by atoms with Crippen LogP contribution in [0.15, 0.2) is 46.9 Å². The predicted octanol–water partition coefficient (Wildman–Crippen LogP) is 5.31. The lowest BCUT2D eigenvalue weighted by Gasteiger charge is -2.29. The van der Waals surface area contributed by atoms with Gasteiger partial charge in [-0.1, -0.05) is 23.9 Å². The number of alkyl halides is 3. The van der Waals surface area contributed by atoms with Crippen LogP contribution in [-0.4, -0.2) is 33.8 Å². The van der Waals surface area contributed by atoms with Crippen molar-refractivity contribution in [2.75, 3.05) is 5.75 Å². The zero-order chi connectivity index (χ0) is 21.8. The van der Waals surface area contributed by atoms with Gasteiger partial charge in [0.2, 0.25) is 11.8 Å². The van der Waals surface area contributed by atoms with Gasteiger partial charge in [0, 0.05) is 18.3 Å². The lowest BCUT2D eigenvalue weighted by Crippen LogP contribution is -2.40. The lowest BCUT2D eigenvalue weighted by molar-refractivity contribution is -0.137. The summed E-state index contributed by atoms with van der Waals surface area (Å²) in [5.74, 6) is 0.469. The summed E-state index contributed by atoms with van der Waals surface area (Å²) in [4.78, 5) is 20.6. The molecule has 1 aliphatic rings. The second kappa shape index (κ2) is 9.44. The van der Waals surface area contributed by atoms with Crippen LogP contribution in [0.3, 0.4) is 0 Å². The Hall–Kier alpha value is -2.33. The third-order valence-electron chi connectivity index (χ3n) is 4.99. The van der Waals surface area contributed by atoms with E-state index in [-0.39, 0.29) is 23.9 Å². The topological polar surface area (TPSA) is 64.1 Å². The molecule has 3 aromatic rings. The Balaban J connectivity index is 1.19. The van der Waals surface area contributed by atoms with E-state index in [4.69, 9.17) is 4.74 Å². The summed E-state index contributed by atoms with van der Waals surface area (Å²) in [5, 5.41) is 3.05.